The molecule has 0 aliphatic rings. The molecule has 2 aromatic heterocycles. The van der Waals surface area contributed by atoms with Crippen molar-refractivity contribution in [2.75, 3.05) is 6.54 Å². The third kappa shape index (κ3) is 5.23. The van der Waals surface area contributed by atoms with Crippen LogP contribution in [0.4, 0.5) is 0 Å². The zero-order valence-corrected chi connectivity index (χ0v) is 13.4. The van der Waals surface area contributed by atoms with E-state index in [1.54, 1.807) is 11.3 Å². The molecule has 3 N–H and O–H groups in total. The third-order valence-corrected chi connectivity index (χ3v) is 3.95. The number of rotatable bonds is 7. The lowest BCUT2D eigenvalue weighted by Crippen LogP contribution is -2.33. The molecule has 0 fully saturated rings. The molecule has 5 nitrogen and oxygen atoms in total. The highest BCUT2D eigenvalue weighted by atomic mass is 32.1. The Morgan fingerprint density at radius 1 is 1.52 bits per heavy atom. The number of hydrogen-bond donors (Lipinski definition) is 2. The van der Waals surface area contributed by atoms with Gasteiger partial charge in [-0.1, -0.05) is 19.9 Å². The van der Waals surface area contributed by atoms with Crippen LogP contribution in [0.1, 0.15) is 24.5 Å². The molecule has 2 aromatic rings. The smallest absolute Gasteiger partial charge is 0.189 e. The Labute approximate surface area is 129 Å². The molecule has 0 saturated heterocycles. The summed E-state index contributed by atoms with van der Waals surface area (Å²) in [5.74, 6) is 2.01. The quantitative estimate of drug-likeness (QED) is 0.609. The van der Waals surface area contributed by atoms with Crippen molar-refractivity contribution in [2.24, 2.45) is 16.6 Å². The van der Waals surface area contributed by atoms with Crippen LogP contribution in [-0.2, 0) is 19.5 Å². The molecule has 2 rings (SSSR count). The summed E-state index contributed by atoms with van der Waals surface area (Å²) in [4.78, 5) is 10.0. The highest BCUT2D eigenvalue weighted by Crippen LogP contribution is 2.08. The van der Waals surface area contributed by atoms with Crippen molar-refractivity contribution in [1.82, 2.24) is 14.9 Å². The molecular formula is C15H23N5S. The van der Waals surface area contributed by atoms with Crippen molar-refractivity contribution >= 4 is 17.3 Å². The van der Waals surface area contributed by atoms with E-state index in [1.807, 2.05) is 12.4 Å². The van der Waals surface area contributed by atoms with Crippen LogP contribution >= 0.6 is 11.3 Å². The monoisotopic (exact) mass is 305 g/mol. The fourth-order valence-electron chi connectivity index (χ4n) is 2.03. The fourth-order valence-corrected chi connectivity index (χ4v) is 2.74. The van der Waals surface area contributed by atoms with Gasteiger partial charge in [-0.05, 0) is 23.8 Å². The van der Waals surface area contributed by atoms with Crippen LogP contribution in [0.2, 0.25) is 0 Å². The first-order chi connectivity index (χ1) is 10.1. The zero-order valence-electron chi connectivity index (χ0n) is 12.6. The summed E-state index contributed by atoms with van der Waals surface area (Å²) < 4.78 is 2.13. The fraction of sp³-hybridized carbons (Fsp3) is 0.467. The van der Waals surface area contributed by atoms with Gasteiger partial charge in [0.05, 0.1) is 0 Å². The van der Waals surface area contributed by atoms with Gasteiger partial charge in [-0.3, -0.25) is 0 Å². The molecule has 6 heteroatoms. The van der Waals surface area contributed by atoms with Crippen molar-refractivity contribution < 1.29 is 0 Å². The molecule has 0 spiro atoms. The molecule has 0 unspecified atom stereocenters. The molecule has 0 aromatic carbocycles. The molecule has 0 radical (unpaired) electrons. The predicted molar refractivity (Wildman–Crippen MR) is 88.4 cm³/mol. The van der Waals surface area contributed by atoms with Crippen LogP contribution in [0, 0.1) is 5.92 Å². The maximum atomic E-state index is 5.89. The summed E-state index contributed by atoms with van der Waals surface area (Å²) in [7, 11) is 0. The first kappa shape index (κ1) is 15.6. The minimum Gasteiger partial charge on any atom is -0.370 e. The second-order valence-corrected chi connectivity index (χ2v) is 6.38. The Morgan fingerprint density at radius 3 is 3.10 bits per heavy atom. The molecule has 114 valence electrons. The van der Waals surface area contributed by atoms with Gasteiger partial charge in [-0.25, -0.2) is 9.98 Å². The van der Waals surface area contributed by atoms with Crippen LogP contribution in [-0.4, -0.2) is 22.1 Å². The van der Waals surface area contributed by atoms with Crippen LogP contribution in [0.25, 0.3) is 0 Å². The lowest BCUT2D eigenvalue weighted by atomic mass is 10.2. The largest absolute Gasteiger partial charge is 0.370 e. The number of nitrogens with one attached hydrogen (secondary N) is 1. The summed E-state index contributed by atoms with van der Waals surface area (Å²) in [6, 6.07) is 4.19. The van der Waals surface area contributed by atoms with Crippen molar-refractivity contribution in [3.05, 3.63) is 40.6 Å². The van der Waals surface area contributed by atoms with E-state index < -0.39 is 0 Å². The van der Waals surface area contributed by atoms with Crippen LogP contribution < -0.4 is 11.1 Å². The van der Waals surface area contributed by atoms with Gasteiger partial charge in [0, 0.05) is 30.4 Å². The molecule has 0 aliphatic carbocycles. The number of guanidine groups is 1. The number of imidazole rings is 1. The zero-order chi connectivity index (χ0) is 15.1. The van der Waals surface area contributed by atoms with Gasteiger partial charge in [0.1, 0.15) is 12.4 Å². The minimum absolute atomic E-state index is 0.477. The second kappa shape index (κ2) is 7.83. The summed E-state index contributed by atoms with van der Waals surface area (Å²) in [5.41, 5.74) is 5.89. The molecule has 2 heterocycles. The summed E-state index contributed by atoms with van der Waals surface area (Å²) in [6.45, 7) is 6.64. The average Bonchev–Trinajstić information content (AvgIpc) is 3.07. The van der Waals surface area contributed by atoms with E-state index in [0.29, 0.717) is 18.4 Å². The number of nitrogens with zero attached hydrogens (tertiary/aromatic N) is 3. The first-order valence-corrected chi connectivity index (χ1v) is 8.09. The topological polar surface area (TPSA) is 68.2 Å². The summed E-state index contributed by atoms with van der Waals surface area (Å²) in [6.07, 6.45) is 4.77. The molecule has 0 bridgehead atoms. The molecule has 0 aliphatic heterocycles. The third-order valence-electron chi connectivity index (χ3n) is 3.01. The van der Waals surface area contributed by atoms with Gasteiger partial charge in [-0.15, -0.1) is 11.3 Å². The minimum atomic E-state index is 0.477. The van der Waals surface area contributed by atoms with Crippen LogP contribution in [0.5, 0.6) is 0 Å². The lowest BCUT2D eigenvalue weighted by Gasteiger charge is -2.09. The van der Waals surface area contributed by atoms with Gasteiger partial charge >= 0.3 is 0 Å². The van der Waals surface area contributed by atoms with Gasteiger partial charge < -0.3 is 15.6 Å². The molecule has 0 saturated carbocycles. The van der Waals surface area contributed by atoms with Gasteiger partial charge in [-0.2, -0.15) is 0 Å². The van der Waals surface area contributed by atoms with Gasteiger partial charge in [0.2, 0.25) is 0 Å². The second-order valence-electron chi connectivity index (χ2n) is 5.35. The van der Waals surface area contributed by atoms with E-state index >= 15 is 0 Å². The van der Waals surface area contributed by atoms with E-state index in [0.717, 1.165) is 25.3 Å². The van der Waals surface area contributed by atoms with E-state index in [9.17, 15) is 0 Å². The van der Waals surface area contributed by atoms with Crippen molar-refractivity contribution in [2.45, 2.75) is 33.4 Å². The summed E-state index contributed by atoms with van der Waals surface area (Å²) in [5, 5.41) is 5.23. The Morgan fingerprint density at radius 2 is 2.38 bits per heavy atom. The molecular weight excluding hydrogens is 282 g/mol. The van der Waals surface area contributed by atoms with Gasteiger partial charge in [0.15, 0.2) is 5.96 Å². The molecule has 0 atom stereocenters. The SMILES string of the molecule is CC(C)Cn1ccnc1CN=C(N)NCCc1cccs1. The van der Waals surface area contributed by atoms with Crippen LogP contribution in [0.15, 0.2) is 34.9 Å². The number of thiophene rings is 1. The highest BCUT2D eigenvalue weighted by molar-refractivity contribution is 7.09. The number of hydrogen-bond acceptors (Lipinski definition) is 3. The standard InChI is InChI=1S/C15H23N5S/c1-12(2)11-20-8-7-17-14(20)10-19-15(16)18-6-5-13-4-3-9-21-13/h3-4,7-9,12H,5-6,10-11H2,1-2H3,(H3,16,18,19). The van der Waals surface area contributed by atoms with E-state index in [4.69, 9.17) is 5.73 Å². The van der Waals surface area contributed by atoms with E-state index in [-0.39, 0.29) is 0 Å². The normalized spacial score (nSPS) is 12.0. The lowest BCUT2D eigenvalue weighted by molar-refractivity contribution is 0.507. The Kier molecular flexibility index (Phi) is 5.80. The summed E-state index contributed by atoms with van der Waals surface area (Å²) >= 11 is 1.76. The van der Waals surface area contributed by atoms with Crippen molar-refractivity contribution in [3.63, 3.8) is 0 Å². The Hall–Kier alpha value is -1.82. The number of aromatic nitrogens is 2. The maximum Gasteiger partial charge on any atom is 0.189 e. The van der Waals surface area contributed by atoms with E-state index in [1.165, 1.54) is 4.88 Å². The Balaban J connectivity index is 1.78. The van der Waals surface area contributed by atoms with E-state index in [2.05, 4.69) is 51.2 Å². The van der Waals surface area contributed by atoms with Crippen LogP contribution in [0.3, 0.4) is 0 Å². The molecule has 21 heavy (non-hydrogen) atoms. The Bertz CT molecular complexity index is 556. The number of aliphatic imine (C=N–C) groups is 1. The first-order valence-electron chi connectivity index (χ1n) is 7.21. The van der Waals surface area contributed by atoms with Crippen molar-refractivity contribution in [1.29, 1.82) is 0 Å². The van der Waals surface area contributed by atoms with Crippen molar-refractivity contribution in [3.8, 4) is 0 Å². The highest BCUT2D eigenvalue weighted by Gasteiger charge is 2.04. The predicted octanol–water partition coefficient (Wildman–Crippen LogP) is 2.25. The van der Waals surface area contributed by atoms with Gasteiger partial charge in [0.25, 0.3) is 0 Å². The molecule has 0 amide bonds. The number of nitrogens with two attached hydrogens (primary N) is 1. The maximum absolute atomic E-state index is 5.89. The average molecular weight is 305 g/mol.